The summed E-state index contributed by atoms with van der Waals surface area (Å²) in [6, 6.07) is 4.76. The number of nitrogens with one attached hydrogen (secondary N) is 1. The van der Waals surface area contributed by atoms with E-state index in [4.69, 9.17) is 16.3 Å². The molecule has 0 aromatic heterocycles. The van der Waals surface area contributed by atoms with Crippen LogP contribution in [-0.4, -0.2) is 57.2 Å². The van der Waals surface area contributed by atoms with Crippen molar-refractivity contribution in [2.75, 3.05) is 38.7 Å². The average Bonchev–Trinajstić information content (AvgIpc) is 2.94. The minimum atomic E-state index is -2.54. The zero-order chi connectivity index (χ0) is 17.0. The van der Waals surface area contributed by atoms with Crippen LogP contribution < -0.4 is 15.0 Å². The molecule has 0 unspecified atom stereocenters. The van der Waals surface area contributed by atoms with Crippen LogP contribution in [-0.2, 0) is 0 Å². The quantitative estimate of drug-likeness (QED) is 0.890. The van der Waals surface area contributed by atoms with E-state index in [-0.39, 0.29) is 6.04 Å². The maximum absolute atomic E-state index is 12.3. The molecule has 2 amide bonds. The van der Waals surface area contributed by atoms with Gasteiger partial charge in [0.2, 0.25) is 0 Å². The van der Waals surface area contributed by atoms with Gasteiger partial charge in [0, 0.05) is 31.2 Å². The lowest BCUT2D eigenvalue weighted by molar-refractivity contribution is 0.107. The highest BCUT2D eigenvalue weighted by atomic mass is 35.5. The fourth-order valence-corrected chi connectivity index (χ4v) is 2.75. The third-order valence-corrected chi connectivity index (χ3v) is 3.99. The summed E-state index contributed by atoms with van der Waals surface area (Å²) >= 11 is 6.03. The molecule has 1 N–H and O–H groups in total. The number of rotatable bonds is 5. The van der Waals surface area contributed by atoms with E-state index in [9.17, 15) is 13.6 Å². The molecule has 1 aromatic carbocycles. The average molecular weight is 348 g/mol. The van der Waals surface area contributed by atoms with E-state index in [1.807, 2.05) is 6.07 Å². The molecule has 1 aliphatic rings. The summed E-state index contributed by atoms with van der Waals surface area (Å²) in [7, 11) is 2.94. The molecule has 128 valence electrons. The first-order valence-electron chi connectivity index (χ1n) is 7.29. The molecule has 8 heteroatoms. The van der Waals surface area contributed by atoms with Crippen LogP contribution >= 0.6 is 11.6 Å². The van der Waals surface area contributed by atoms with E-state index in [1.165, 1.54) is 7.05 Å². The van der Waals surface area contributed by atoms with Crippen LogP contribution in [0.25, 0.3) is 0 Å². The van der Waals surface area contributed by atoms with Gasteiger partial charge in [-0.3, -0.25) is 0 Å². The van der Waals surface area contributed by atoms with Crippen LogP contribution in [0.2, 0.25) is 5.02 Å². The summed E-state index contributed by atoms with van der Waals surface area (Å²) < 4.78 is 29.9. The van der Waals surface area contributed by atoms with E-state index >= 15 is 0 Å². The van der Waals surface area contributed by atoms with Gasteiger partial charge in [0.25, 0.3) is 6.43 Å². The number of nitrogens with zero attached hydrogens (tertiary/aromatic N) is 2. The highest BCUT2D eigenvalue weighted by Gasteiger charge is 2.27. The van der Waals surface area contributed by atoms with Gasteiger partial charge in [0.1, 0.15) is 5.75 Å². The largest absolute Gasteiger partial charge is 0.495 e. The van der Waals surface area contributed by atoms with Crippen molar-refractivity contribution in [3.05, 3.63) is 23.2 Å². The lowest BCUT2D eigenvalue weighted by atomic mass is 10.2. The Hall–Kier alpha value is -1.76. The Morgan fingerprint density at radius 2 is 2.30 bits per heavy atom. The maximum atomic E-state index is 12.3. The second-order valence-corrected chi connectivity index (χ2v) is 5.91. The van der Waals surface area contributed by atoms with Gasteiger partial charge >= 0.3 is 6.03 Å². The van der Waals surface area contributed by atoms with E-state index in [1.54, 1.807) is 19.2 Å². The highest BCUT2D eigenvalue weighted by Crippen LogP contribution is 2.33. The topological polar surface area (TPSA) is 44.8 Å². The zero-order valence-corrected chi connectivity index (χ0v) is 13.8. The molecule has 0 radical (unpaired) electrons. The van der Waals surface area contributed by atoms with Crippen LogP contribution in [0.4, 0.5) is 19.3 Å². The monoisotopic (exact) mass is 347 g/mol. The summed E-state index contributed by atoms with van der Waals surface area (Å²) in [5.74, 6) is 0.705. The van der Waals surface area contributed by atoms with Gasteiger partial charge in [-0.2, -0.15) is 0 Å². The highest BCUT2D eigenvalue weighted by molar-refractivity contribution is 6.30. The van der Waals surface area contributed by atoms with Gasteiger partial charge in [-0.15, -0.1) is 0 Å². The molecule has 0 saturated carbocycles. The molecule has 1 heterocycles. The van der Waals surface area contributed by atoms with Gasteiger partial charge in [0.15, 0.2) is 0 Å². The molecule has 23 heavy (non-hydrogen) atoms. The van der Waals surface area contributed by atoms with Crippen molar-refractivity contribution in [2.24, 2.45) is 0 Å². The van der Waals surface area contributed by atoms with Gasteiger partial charge in [-0.1, -0.05) is 11.6 Å². The van der Waals surface area contributed by atoms with Gasteiger partial charge in [-0.25, -0.2) is 13.6 Å². The third-order valence-electron chi connectivity index (χ3n) is 3.76. The number of amides is 2. The summed E-state index contributed by atoms with van der Waals surface area (Å²) in [4.78, 5) is 14.9. The van der Waals surface area contributed by atoms with Crippen LogP contribution in [0.15, 0.2) is 18.2 Å². The van der Waals surface area contributed by atoms with E-state index in [0.29, 0.717) is 17.3 Å². The number of hydrogen-bond donors (Lipinski definition) is 1. The maximum Gasteiger partial charge on any atom is 0.317 e. The third kappa shape index (κ3) is 4.60. The second-order valence-electron chi connectivity index (χ2n) is 5.47. The van der Waals surface area contributed by atoms with Crippen molar-refractivity contribution in [1.82, 2.24) is 10.2 Å². The number of carbonyl (C=O) groups is 1. The number of carbonyl (C=O) groups excluding carboxylic acids is 1. The number of halogens is 3. The molecule has 1 fully saturated rings. The molecule has 1 saturated heterocycles. The van der Waals surface area contributed by atoms with Crippen molar-refractivity contribution in [1.29, 1.82) is 0 Å². The first kappa shape index (κ1) is 17.6. The Labute approximate surface area is 139 Å². The predicted octanol–water partition coefficient (Wildman–Crippen LogP) is 2.83. The fourth-order valence-electron chi connectivity index (χ4n) is 2.58. The van der Waals surface area contributed by atoms with Crippen LogP contribution in [0.1, 0.15) is 6.42 Å². The lowest BCUT2D eigenvalue weighted by Crippen LogP contribution is -2.45. The van der Waals surface area contributed by atoms with Crippen molar-refractivity contribution in [3.8, 4) is 5.75 Å². The van der Waals surface area contributed by atoms with Gasteiger partial charge in [-0.05, 0) is 24.6 Å². The first-order chi connectivity index (χ1) is 10.9. The van der Waals surface area contributed by atoms with Gasteiger partial charge < -0.3 is 19.9 Å². The molecule has 0 bridgehead atoms. The fraction of sp³-hybridized carbons (Fsp3) is 0.533. The van der Waals surface area contributed by atoms with Gasteiger partial charge in [0.05, 0.1) is 19.3 Å². The molecular weight excluding hydrogens is 328 g/mol. The molecule has 0 aliphatic carbocycles. The van der Waals surface area contributed by atoms with Crippen molar-refractivity contribution in [3.63, 3.8) is 0 Å². The minimum Gasteiger partial charge on any atom is -0.495 e. The van der Waals surface area contributed by atoms with E-state index in [0.717, 1.165) is 23.6 Å². The zero-order valence-electron chi connectivity index (χ0n) is 13.1. The predicted molar refractivity (Wildman–Crippen MR) is 85.8 cm³/mol. The van der Waals surface area contributed by atoms with Crippen LogP contribution in [0.3, 0.4) is 0 Å². The summed E-state index contributed by atoms with van der Waals surface area (Å²) in [6.07, 6.45) is -1.81. The molecule has 2 rings (SSSR count). The van der Waals surface area contributed by atoms with Crippen molar-refractivity contribution >= 4 is 23.3 Å². The summed E-state index contributed by atoms with van der Waals surface area (Å²) in [5.41, 5.74) is 0.859. The summed E-state index contributed by atoms with van der Waals surface area (Å²) in [6.45, 7) is 0.718. The number of ether oxygens (including phenoxy) is 1. The molecule has 5 nitrogen and oxygen atoms in total. The summed E-state index contributed by atoms with van der Waals surface area (Å²) in [5, 5.41) is 3.38. The molecule has 1 aromatic rings. The molecule has 1 atom stereocenters. The van der Waals surface area contributed by atoms with Crippen molar-refractivity contribution < 1.29 is 18.3 Å². The lowest BCUT2D eigenvalue weighted by Gasteiger charge is -2.23. The molecule has 1 aliphatic heterocycles. The van der Waals surface area contributed by atoms with E-state index < -0.39 is 19.0 Å². The SMILES string of the molecule is COc1ccc(Cl)cc1N1CC[C@H](NC(=O)N(C)CC(F)F)C1. The van der Waals surface area contributed by atoms with Crippen molar-refractivity contribution in [2.45, 2.75) is 18.9 Å². The Morgan fingerprint density at radius 1 is 1.57 bits per heavy atom. The molecule has 0 spiro atoms. The first-order valence-corrected chi connectivity index (χ1v) is 7.66. The van der Waals surface area contributed by atoms with E-state index in [2.05, 4.69) is 10.2 Å². The Balaban J connectivity index is 1.96. The molecular formula is C15H20ClF2N3O2. The van der Waals surface area contributed by atoms with Crippen LogP contribution in [0.5, 0.6) is 5.75 Å². The number of urea groups is 1. The standard InChI is InChI=1S/C15H20ClF2N3O2/c1-20(9-14(17)18)15(22)19-11-5-6-21(8-11)12-7-10(16)3-4-13(12)23-2/h3-4,7,11,14H,5-6,8-9H2,1-2H3,(H,19,22)/t11-/m0/s1. The second kappa shape index (κ2) is 7.68. The number of anilines is 1. The normalized spacial score (nSPS) is 17.5. The number of benzene rings is 1. The number of methoxy groups -OCH3 is 1. The Bertz CT molecular complexity index is 560. The Morgan fingerprint density at radius 3 is 2.96 bits per heavy atom. The Kier molecular flexibility index (Phi) is 5.87. The number of alkyl halides is 2. The van der Waals surface area contributed by atoms with Crippen LogP contribution in [0, 0.1) is 0 Å². The smallest absolute Gasteiger partial charge is 0.317 e. The number of hydrogen-bond acceptors (Lipinski definition) is 3. The minimum absolute atomic E-state index is 0.105.